The van der Waals surface area contributed by atoms with E-state index in [1.165, 1.54) is 11.3 Å². The fourth-order valence-electron chi connectivity index (χ4n) is 4.13. The van der Waals surface area contributed by atoms with E-state index in [1.54, 1.807) is 12.1 Å². The molecule has 1 saturated heterocycles. The number of halogens is 1. The highest BCUT2D eigenvalue weighted by Gasteiger charge is 2.43. The molecular weight excluding hydrogens is 348 g/mol. The van der Waals surface area contributed by atoms with E-state index in [9.17, 15) is 4.79 Å². The molecule has 2 aromatic carbocycles. The van der Waals surface area contributed by atoms with Gasteiger partial charge in [-0.15, -0.1) is 0 Å². The van der Waals surface area contributed by atoms with E-state index < -0.39 is 0 Å². The molecule has 0 radical (unpaired) electrons. The average molecular weight is 365 g/mol. The zero-order valence-electron chi connectivity index (χ0n) is 14.0. The number of aromatic nitrogens is 2. The maximum Gasteiger partial charge on any atom is 0.321 e. The number of nitrogens with zero attached hydrogens (tertiary/aromatic N) is 3. The molecule has 2 aliphatic rings. The lowest BCUT2D eigenvalue weighted by atomic mass is 9.84. The molecule has 2 amide bonds. The van der Waals surface area contributed by atoms with E-state index >= 15 is 0 Å². The highest BCUT2D eigenvalue weighted by molar-refractivity contribution is 6.30. The van der Waals surface area contributed by atoms with Crippen LogP contribution in [0.25, 0.3) is 5.69 Å². The Bertz CT molecular complexity index is 999. The van der Waals surface area contributed by atoms with Crippen LogP contribution in [0.1, 0.15) is 23.2 Å². The summed E-state index contributed by atoms with van der Waals surface area (Å²) < 4.78 is 2.15. The van der Waals surface area contributed by atoms with Crippen LogP contribution in [-0.4, -0.2) is 33.6 Å². The Kier molecular flexibility index (Phi) is 3.50. The lowest BCUT2D eigenvalue weighted by molar-refractivity contribution is 0.221. The van der Waals surface area contributed by atoms with Gasteiger partial charge in [0.05, 0.1) is 5.69 Å². The Morgan fingerprint density at radius 2 is 1.96 bits per heavy atom. The first-order chi connectivity index (χ1) is 12.7. The van der Waals surface area contributed by atoms with Gasteiger partial charge in [-0.1, -0.05) is 35.9 Å². The van der Waals surface area contributed by atoms with Crippen LogP contribution in [0.5, 0.6) is 0 Å². The van der Waals surface area contributed by atoms with Crippen LogP contribution in [0, 0.1) is 0 Å². The molecule has 0 bridgehead atoms. The Hall–Kier alpha value is -2.79. The summed E-state index contributed by atoms with van der Waals surface area (Å²) in [4.78, 5) is 19.2. The largest absolute Gasteiger partial charge is 0.323 e. The van der Waals surface area contributed by atoms with Gasteiger partial charge in [-0.05, 0) is 29.8 Å². The second-order valence-electron chi connectivity index (χ2n) is 6.77. The Morgan fingerprint density at radius 3 is 2.85 bits per heavy atom. The van der Waals surface area contributed by atoms with Gasteiger partial charge in [-0.2, -0.15) is 0 Å². The number of imidazole rings is 1. The maximum absolute atomic E-state index is 12.8. The third-order valence-corrected chi connectivity index (χ3v) is 5.51. The number of carbonyl (C=O) groups excluding carboxylic acids is 1. The minimum Gasteiger partial charge on any atom is -0.323 e. The summed E-state index contributed by atoms with van der Waals surface area (Å²) in [6, 6.07) is 15.5. The van der Waals surface area contributed by atoms with Crippen LogP contribution < -0.4 is 5.32 Å². The SMILES string of the molecule is O=C(Nc1cccc(Cl)c1)N1C[C@@H]2c3nccn3-c3ccccc3[C@@H]2C1. The topological polar surface area (TPSA) is 50.2 Å². The number of para-hydroxylation sites is 1. The molecule has 3 heterocycles. The van der Waals surface area contributed by atoms with Crippen molar-refractivity contribution in [2.24, 2.45) is 0 Å². The van der Waals surface area contributed by atoms with Gasteiger partial charge in [0.1, 0.15) is 5.82 Å². The average Bonchev–Trinajstić information content (AvgIpc) is 3.29. The fourth-order valence-corrected chi connectivity index (χ4v) is 4.32. The van der Waals surface area contributed by atoms with E-state index in [-0.39, 0.29) is 17.9 Å². The number of carbonyl (C=O) groups is 1. The second kappa shape index (κ2) is 5.88. The van der Waals surface area contributed by atoms with Crippen molar-refractivity contribution < 1.29 is 4.79 Å². The molecule has 0 unspecified atom stereocenters. The number of hydrogen-bond donors (Lipinski definition) is 1. The molecule has 1 N–H and O–H groups in total. The fraction of sp³-hybridized carbons (Fsp3) is 0.200. The number of nitrogens with one attached hydrogen (secondary N) is 1. The summed E-state index contributed by atoms with van der Waals surface area (Å²) in [6.07, 6.45) is 3.84. The monoisotopic (exact) mass is 364 g/mol. The number of urea groups is 1. The van der Waals surface area contributed by atoms with E-state index in [1.807, 2.05) is 35.5 Å². The van der Waals surface area contributed by atoms with Gasteiger partial charge >= 0.3 is 6.03 Å². The normalized spacial score (nSPS) is 20.3. The minimum absolute atomic E-state index is 0.0998. The first-order valence-corrected chi connectivity index (χ1v) is 9.02. The zero-order chi connectivity index (χ0) is 17.7. The van der Waals surface area contributed by atoms with Crippen molar-refractivity contribution in [1.82, 2.24) is 14.5 Å². The van der Waals surface area contributed by atoms with Crippen LogP contribution in [0.3, 0.4) is 0 Å². The Labute approximate surface area is 156 Å². The third-order valence-electron chi connectivity index (χ3n) is 5.28. The van der Waals surface area contributed by atoms with Gasteiger partial charge in [-0.25, -0.2) is 9.78 Å². The number of hydrogen-bond acceptors (Lipinski definition) is 2. The van der Waals surface area contributed by atoms with Crippen molar-refractivity contribution in [3.05, 3.63) is 77.3 Å². The first-order valence-electron chi connectivity index (χ1n) is 8.65. The number of fused-ring (bicyclic) bond motifs is 6. The quantitative estimate of drug-likeness (QED) is 0.701. The molecule has 2 aliphatic heterocycles. The summed E-state index contributed by atoms with van der Waals surface area (Å²) in [5, 5.41) is 3.56. The Morgan fingerprint density at radius 1 is 1.12 bits per heavy atom. The van der Waals surface area contributed by atoms with E-state index in [4.69, 9.17) is 11.6 Å². The maximum atomic E-state index is 12.8. The number of likely N-dealkylation sites (tertiary alicyclic amines) is 1. The lowest BCUT2D eigenvalue weighted by Gasteiger charge is -2.28. The molecule has 0 aliphatic carbocycles. The molecule has 130 valence electrons. The molecule has 0 saturated carbocycles. The van der Waals surface area contributed by atoms with Gasteiger partial charge in [-0.3, -0.25) is 0 Å². The molecule has 26 heavy (non-hydrogen) atoms. The van der Waals surface area contributed by atoms with Crippen molar-refractivity contribution in [3.8, 4) is 5.69 Å². The summed E-state index contributed by atoms with van der Waals surface area (Å²) in [5.74, 6) is 1.52. The summed E-state index contributed by atoms with van der Waals surface area (Å²) >= 11 is 6.01. The molecule has 1 aromatic heterocycles. The molecule has 1 fully saturated rings. The van der Waals surface area contributed by atoms with Crippen molar-refractivity contribution in [3.63, 3.8) is 0 Å². The van der Waals surface area contributed by atoms with E-state index in [0.29, 0.717) is 23.8 Å². The van der Waals surface area contributed by atoms with Crippen molar-refractivity contribution >= 4 is 23.3 Å². The minimum atomic E-state index is -0.0998. The Balaban J connectivity index is 1.44. The summed E-state index contributed by atoms with van der Waals surface area (Å²) in [7, 11) is 0. The molecular formula is C20H17ClN4O. The standard InChI is InChI=1S/C20H17ClN4O/c21-13-4-3-5-14(10-13)23-20(26)24-11-16-15-6-1-2-7-18(15)25-9-8-22-19(25)17(16)12-24/h1-10,16-17H,11-12H2,(H,23,26)/t16-,17-/m0/s1. The number of rotatable bonds is 1. The molecule has 5 rings (SSSR count). The molecule has 2 atom stereocenters. The summed E-state index contributed by atoms with van der Waals surface area (Å²) in [6.45, 7) is 1.34. The predicted octanol–water partition coefficient (Wildman–Crippen LogP) is 4.25. The van der Waals surface area contributed by atoms with E-state index in [2.05, 4.69) is 33.1 Å². The van der Waals surface area contributed by atoms with Crippen LogP contribution in [0.15, 0.2) is 60.9 Å². The first kappa shape index (κ1) is 15.5. The van der Waals surface area contributed by atoms with E-state index in [0.717, 1.165) is 5.82 Å². The summed E-state index contributed by atoms with van der Waals surface area (Å²) in [5.41, 5.74) is 3.15. The smallest absolute Gasteiger partial charge is 0.321 e. The zero-order valence-corrected chi connectivity index (χ0v) is 14.7. The van der Waals surface area contributed by atoms with Crippen LogP contribution in [0.2, 0.25) is 5.02 Å². The molecule has 6 heteroatoms. The highest BCUT2D eigenvalue weighted by Crippen LogP contribution is 2.45. The van der Waals surface area contributed by atoms with Gasteiger partial charge in [0.2, 0.25) is 0 Å². The third kappa shape index (κ3) is 2.39. The second-order valence-corrected chi connectivity index (χ2v) is 7.21. The van der Waals surface area contributed by atoms with Gasteiger partial charge in [0, 0.05) is 48.0 Å². The van der Waals surface area contributed by atoms with Crippen molar-refractivity contribution in [1.29, 1.82) is 0 Å². The number of amides is 2. The van der Waals surface area contributed by atoms with Crippen molar-refractivity contribution in [2.45, 2.75) is 11.8 Å². The van der Waals surface area contributed by atoms with Gasteiger partial charge in [0.25, 0.3) is 0 Å². The highest BCUT2D eigenvalue weighted by atomic mass is 35.5. The van der Waals surface area contributed by atoms with Gasteiger partial charge in [0.15, 0.2) is 0 Å². The molecule has 3 aromatic rings. The van der Waals surface area contributed by atoms with Crippen LogP contribution in [0.4, 0.5) is 10.5 Å². The van der Waals surface area contributed by atoms with Gasteiger partial charge < -0.3 is 14.8 Å². The predicted molar refractivity (Wildman–Crippen MR) is 101 cm³/mol. The molecule has 0 spiro atoms. The molecule has 5 nitrogen and oxygen atoms in total. The lowest BCUT2D eigenvalue weighted by Crippen LogP contribution is -2.33. The van der Waals surface area contributed by atoms with Crippen molar-refractivity contribution in [2.75, 3.05) is 18.4 Å². The number of benzene rings is 2. The van der Waals surface area contributed by atoms with Crippen LogP contribution in [-0.2, 0) is 0 Å². The van der Waals surface area contributed by atoms with Crippen LogP contribution >= 0.6 is 11.6 Å². The number of anilines is 1.